The third kappa shape index (κ3) is 4.62. The number of hydrogen-bond acceptors (Lipinski definition) is 4. The van der Waals surface area contributed by atoms with Gasteiger partial charge in [0.25, 0.3) is 5.91 Å². The zero-order chi connectivity index (χ0) is 18.6. The van der Waals surface area contributed by atoms with Crippen molar-refractivity contribution in [2.75, 3.05) is 0 Å². The van der Waals surface area contributed by atoms with Gasteiger partial charge in [-0.1, -0.05) is 6.07 Å². The molecule has 0 radical (unpaired) electrons. The quantitative estimate of drug-likeness (QED) is 0.740. The number of hydrogen-bond donors (Lipinski definition) is 1. The predicted octanol–water partition coefficient (Wildman–Crippen LogP) is 4.17. The van der Waals surface area contributed by atoms with Crippen LogP contribution in [0.1, 0.15) is 15.9 Å². The molecule has 0 aliphatic heterocycles. The standard InChI is InChI=1S/C18H13F3N2O3/c19-18(20,21)26-14-4-1-3-13(10-14)17(24)23-11-12-6-7-22-15(9-12)16-5-2-8-25-16/h1-10H,11H2,(H,23,24). The lowest BCUT2D eigenvalue weighted by Gasteiger charge is -2.10. The first-order chi connectivity index (χ1) is 12.4. The van der Waals surface area contributed by atoms with Crippen molar-refractivity contribution in [3.05, 3.63) is 72.1 Å². The number of pyridine rings is 1. The van der Waals surface area contributed by atoms with Crippen LogP contribution in [0, 0.1) is 0 Å². The number of carbonyl (C=O) groups excluding carboxylic acids is 1. The summed E-state index contributed by atoms with van der Waals surface area (Å²) in [7, 11) is 0. The maximum absolute atomic E-state index is 12.3. The summed E-state index contributed by atoms with van der Waals surface area (Å²) in [6, 6.07) is 11.8. The molecule has 0 aliphatic carbocycles. The molecule has 2 aromatic heterocycles. The van der Waals surface area contributed by atoms with Crippen molar-refractivity contribution in [1.82, 2.24) is 10.3 Å². The van der Waals surface area contributed by atoms with E-state index in [-0.39, 0.29) is 12.1 Å². The van der Waals surface area contributed by atoms with Crippen LogP contribution >= 0.6 is 0 Å². The van der Waals surface area contributed by atoms with Gasteiger partial charge in [-0.05, 0) is 48.0 Å². The number of halogens is 3. The summed E-state index contributed by atoms with van der Waals surface area (Å²) in [5.74, 6) is -0.377. The second-order valence-electron chi connectivity index (χ2n) is 5.28. The van der Waals surface area contributed by atoms with Gasteiger partial charge in [0, 0.05) is 18.3 Å². The molecule has 8 heteroatoms. The maximum atomic E-state index is 12.3. The van der Waals surface area contributed by atoms with Crippen molar-refractivity contribution in [3.8, 4) is 17.2 Å². The normalized spacial score (nSPS) is 11.2. The largest absolute Gasteiger partial charge is 0.573 e. The van der Waals surface area contributed by atoms with Gasteiger partial charge in [-0.3, -0.25) is 9.78 Å². The van der Waals surface area contributed by atoms with Crippen LogP contribution in [0.5, 0.6) is 5.75 Å². The van der Waals surface area contributed by atoms with Crippen molar-refractivity contribution >= 4 is 5.91 Å². The van der Waals surface area contributed by atoms with Crippen LogP contribution in [0.25, 0.3) is 11.5 Å². The van der Waals surface area contributed by atoms with Gasteiger partial charge in [-0.25, -0.2) is 0 Å². The number of furan rings is 1. The summed E-state index contributed by atoms with van der Waals surface area (Å²) in [6.07, 6.45) is -1.70. The van der Waals surface area contributed by atoms with E-state index in [1.807, 2.05) is 0 Å². The third-order valence-electron chi connectivity index (χ3n) is 3.38. The van der Waals surface area contributed by atoms with Gasteiger partial charge in [0.1, 0.15) is 11.4 Å². The number of nitrogens with one attached hydrogen (secondary N) is 1. The van der Waals surface area contributed by atoms with E-state index in [4.69, 9.17) is 4.42 Å². The second kappa shape index (κ2) is 7.30. The molecule has 3 aromatic rings. The van der Waals surface area contributed by atoms with Gasteiger partial charge in [0.2, 0.25) is 0 Å². The highest BCUT2D eigenvalue weighted by atomic mass is 19.4. The lowest BCUT2D eigenvalue weighted by Crippen LogP contribution is -2.23. The first-order valence-electron chi connectivity index (χ1n) is 7.53. The van der Waals surface area contributed by atoms with Crippen molar-refractivity contribution in [2.45, 2.75) is 12.9 Å². The van der Waals surface area contributed by atoms with Gasteiger partial charge in [-0.15, -0.1) is 13.2 Å². The highest BCUT2D eigenvalue weighted by Gasteiger charge is 2.31. The molecule has 1 amide bonds. The number of nitrogens with zero attached hydrogens (tertiary/aromatic N) is 1. The Labute approximate surface area is 146 Å². The average molecular weight is 362 g/mol. The maximum Gasteiger partial charge on any atom is 0.573 e. The molecule has 5 nitrogen and oxygen atoms in total. The lowest BCUT2D eigenvalue weighted by molar-refractivity contribution is -0.274. The van der Waals surface area contributed by atoms with E-state index >= 15 is 0 Å². The van der Waals surface area contributed by atoms with E-state index in [9.17, 15) is 18.0 Å². The summed E-state index contributed by atoms with van der Waals surface area (Å²) in [5.41, 5.74) is 1.44. The first-order valence-corrected chi connectivity index (χ1v) is 7.53. The zero-order valence-corrected chi connectivity index (χ0v) is 13.3. The fraction of sp³-hybridized carbons (Fsp3) is 0.111. The molecule has 26 heavy (non-hydrogen) atoms. The third-order valence-corrected chi connectivity index (χ3v) is 3.38. The number of amides is 1. The van der Waals surface area contributed by atoms with E-state index in [0.717, 1.165) is 17.7 Å². The molecule has 1 N–H and O–H groups in total. The van der Waals surface area contributed by atoms with Gasteiger partial charge in [-0.2, -0.15) is 0 Å². The molecule has 0 fully saturated rings. The highest BCUT2D eigenvalue weighted by Crippen LogP contribution is 2.23. The molecule has 0 saturated heterocycles. The van der Waals surface area contributed by atoms with Crippen LogP contribution in [0.2, 0.25) is 0 Å². The Hall–Kier alpha value is -3.29. The molecular formula is C18H13F3N2O3. The number of rotatable bonds is 5. The highest BCUT2D eigenvalue weighted by molar-refractivity contribution is 5.94. The zero-order valence-electron chi connectivity index (χ0n) is 13.3. The molecule has 0 aliphatic rings. The number of alkyl halides is 3. The van der Waals surface area contributed by atoms with E-state index in [2.05, 4.69) is 15.0 Å². The molecule has 2 heterocycles. The average Bonchev–Trinajstić information content (AvgIpc) is 3.13. The van der Waals surface area contributed by atoms with Crippen molar-refractivity contribution in [2.24, 2.45) is 0 Å². The first kappa shape index (κ1) is 17.5. The summed E-state index contributed by atoms with van der Waals surface area (Å²) in [5, 5.41) is 2.64. The van der Waals surface area contributed by atoms with E-state index in [1.165, 1.54) is 18.4 Å². The number of carbonyl (C=O) groups is 1. The molecule has 134 valence electrons. The van der Waals surface area contributed by atoms with E-state index in [0.29, 0.717) is 11.5 Å². The molecule has 3 rings (SSSR count). The summed E-state index contributed by atoms with van der Waals surface area (Å²) < 4.78 is 45.9. The van der Waals surface area contributed by atoms with Crippen molar-refractivity contribution in [1.29, 1.82) is 0 Å². The van der Waals surface area contributed by atoms with Gasteiger partial charge in [0.15, 0.2) is 5.76 Å². The Balaban J connectivity index is 1.66. The molecule has 0 bridgehead atoms. The van der Waals surface area contributed by atoms with Crippen LogP contribution in [-0.2, 0) is 6.54 Å². The monoisotopic (exact) mass is 362 g/mol. The summed E-state index contributed by atoms with van der Waals surface area (Å²) in [4.78, 5) is 16.4. The molecule has 1 aromatic carbocycles. The topological polar surface area (TPSA) is 64.4 Å². The minimum Gasteiger partial charge on any atom is -0.463 e. The van der Waals surface area contributed by atoms with Crippen LogP contribution in [0.15, 0.2) is 65.4 Å². The number of aromatic nitrogens is 1. The molecule has 0 atom stereocenters. The summed E-state index contributed by atoms with van der Waals surface area (Å²) >= 11 is 0. The second-order valence-corrected chi connectivity index (χ2v) is 5.28. The molecular weight excluding hydrogens is 349 g/mol. The van der Waals surface area contributed by atoms with Gasteiger partial charge in [0.05, 0.1) is 6.26 Å². The van der Waals surface area contributed by atoms with E-state index < -0.39 is 18.0 Å². The molecule has 0 spiro atoms. The van der Waals surface area contributed by atoms with Crippen LogP contribution in [0.3, 0.4) is 0 Å². The fourth-order valence-corrected chi connectivity index (χ4v) is 2.26. The van der Waals surface area contributed by atoms with Crippen molar-refractivity contribution < 1.29 is 27.1 Å². The fourth-order valence-electron chi connectivity index (χ4n) is 2.26. The Bertz CT molecular complexity index is 893. The van der Waals surface area contributed by atoms with Crippen LogP contribution in [-0.4, -0.2) is 17.3 Å². The molecule has 0 unspecified atom stereocenters. The number of benzene rings is 1. The lowest BCUT2D eigenvalue weighted by atomic mass is 10.1. The van der Waals surface area contributed by atoms with Gasteiger partial charge < -0.3 is 14.5 Å². The Kier molecular flexibility index (Phi) is 4.92. The molecule has 0 saturated carbocycles. The Morgan fingerprint density at radius 1 is 1.15 bits per heavy atom. The predicted molar refractivity (Wildman–Crippen MR) is 86.2 cm³/mol. The van der Waals surface area contributed by atoms with Crippen molar-refractivity contribution in [3.63, 3.8) is 0 Å². The summed E-state index contributed by atoms with van der Waals surface area (Å²) in [6.45, 7) is 0.180. The minimum absolute atomic E-state index is 0.0621. The van der Waals surface area contributed by atoms with Gasteiger partial charge >= 0.3 is 6.36 Å². The van der Waals surface area contributed by atoms with Crippen LogP contribution < -0.4 is 10.1 Å². The SMILES string of the molecule is O=C(NCc1ccnc(-c2ccco2)c1)c1cccc(OC(F)(F)F)c1. The minimum atomic E-state index is -4.81. The number of ether oxygens (including phenoxy) is 1. The van der Waals surface area contributed by atoms with Crippen LogP contribution in [0.4, 0.5) is 13.2 Å². The van der Waals surface area contributed by atoms with E-state index in [1.54, 1.807) is 30.5 Å². The Morgan fingerprint density at radius 2 is 2.00 bits per heavy atom. The smallest absolute Gasteiger partial charge is 0.463 e. The Morgan fingerprint density at radius 3 is 2.73 bits per heavy atom.